The summed E-state index contributed by atoms with van der Waals surface area (Å²) in [5.74, 6) is 0.203. The van der Waals surface area contributed by atoms with Gasteiger partial charge in [-0.3, -0.25) is 14.8 Å². The molecule has 2 aromatic carbocycles. The van der Waals surface area contributed by atoms with E-state index < -0.39 is 20.7 Å². The number of nitrogens with two attached hydrogens (primary N) is 1. The fourth-order valence-corrected chi connectivity index (χ4v) is 4.96. The van der Waals surface area contributed by atoms with Gasteiger partial charge in [0.15, 0.2) is 5.82 Å². The van der Waals surface area contributed by atoms with Gasteiger partial charge in [-0.2, -0.15) is 5.10 Å². The number of pyridine rings is 1. The second-order valence-electron chi connectivity index (χ2n) is 7.94. The molecular weight excluding hydrogens is 477 g/mol. The van der Waals surface area contributed by atoms with E-state index in [4.69, 9.17) is 19.9 Å². The molecule has 10 nitrogen and oxygen atoms in total. The number of sulfonamides is 1. The summed E-state index contributed by atoms with van der Waals surface area (Å²) in [7, 11) is -2.84. The van der Waals surface area contributed by atoms with Crippen LogP contribution in [0.3, 0.4) is 0 Å². The molecule has 0 unspecified atom stereocenters. The maximum atomic E-state index is 14.2. The molecule has 5 rings (SSSR count). The first kappa shape index (κ1) is 22.9. The van der Waals surface area contributed by atoms with Crippen molar-refractivity contribution in [2.75, 3.05) is 30.8 Å². The third-order valence-corrected chi connectivity index (χ3v) is 6.97. The minimum atomic E-state index is -4.20. The van der Waals surface area contributed by atoms with Crippen molar-refractivity contribution >= 4 is 32.4 Å². The van der Waals surface area contributed by atoms with Crippen LogP contribution in [0.2, 0.25) is 0 Å². The highest BCUT2D eigenvalue weighted by Gasteiger charge is 2.22. The highest BCUT2D eigenvalue weighted by Crippen LogP contribution is 2.35. The molecule has 1 aliphatic rings. The van der Waals surface area contributed by atoms with Crippen molar-refractivity contribution in [1.82, 2.24) is 15.2 Å². The van der Waals surface area contributed by atoms with E-state index >= 15 is 0 Å². The molecular formula is C23H22FN5O5S. The van der Waals surface area contributed by atoms with Gasteiger partial charge < -0.3 is 19.9 Å². The predicted molar refractivity (Wildman–Crippen MR) is 127 cm³/mol. The first-order valence-corrected chi connectivity index (χ1v) is 12.2. The van der Waals surface area contributed by atoms with Crippen molar-refractivity contribution in [2.45, 2.75) is 17.4 Å². The Morgan fingerprint density at radius 2 is 2.09 bits per heavy atom. The van der Waals surface area contributed by atoms with E-state index in [0.717, 1.165) is 18.6 Å². The number of aromatic nitrogens is 3. The average Bonchev–Trinajstić information content (AvgIpc) is 3.49. The normalized spacial score (nSPS) is 15.9. The molecule has 12 heteroatoms. The van der Waals surface area contributed by atoms with Crippen molar-refractivity contribution in [3.63, 3.8) is 0 Å². The maximum Gasteiger partial charge on any atom is 0.265 e. The SMILES string of the molecule is COc1ccc(F)c(S(=O)(=O)Nc2ccc(-c3cc(O[C@H]4CCOC4)c4c(N)n[nH]c4c3)nc2)c1. The van der Waals surface area contributed by atoms with Crippen molar-refractivity contribution < 1.29 is 27.0 Å². The Balaban J connectivity index is 1.43. The molecule has 182 valence electrons. The van der Waals surface area contributed by atoms with Crippen molar-refractivity contribution in [3.8, 4) is 22.8 Å². The number of nitrogens with zero attached hydrogens (tertiary/aromatic N) is 2. The number of aromatic amines is 1. The molecule has 2 aromatic heterocycles. The lowest BCUT2D eigenvalue weighted by atomic mass is 10.1. The Bertz CT molecular complexity index is 1480. The number of halogens is 1. The van der Waals surface area contributed by atoms with E-state index in [-0.39, 0.29) is 17.5 Å². The van der Waals surface area contributed by atoms with Crippen LogP contribution in [0, 0.1) is 5.82 Å². The molecule has 1 aliphatic heterocycles. The number of hydrogen-bond acceptors (Lipinski definition) is 8. The quantitative estimate of drug-likeness (QED) is 0.352. The molecule has 0 bridgehead atoms. The number of hydrogen-bond donors (Lipinski definition) is 3. The van der Waals surface area contributed by atoms with Gasteiger partial charge in [-0.25, -0.2) is 12.8 Å². The summed E-state index contributed by atoms with van der Waals surface area (Å²) >= 11 is 0. The largest absolute Gasteiger partial charge is 0.497 e. The number of nitrogens with one attached hydrogen (secondary N) is 2. The second-order valence-corrected chi connectivity index (χ2v) is 9.59. The van der Waals surface area contributed by atoms with E-state index in [1.54, 1.807) is 6.07 Å². The van der Waals surface area contributed by atoms with Crippen molar-refractivity contribution in [1.29, 1.82) is 0 Å². The standard InChI is InChI=1S/C23H22FN5O5S/c1-32-15-3-4-17(24)21(10-15)35(30,31)29-14-2-5-18(26-11-14)13-8-19-22(23(25)28-27-19)20(9-13)34-16-6-7-33-12-16/h2-5,8-11,16,29H,6-7,12H2,1H3,(H3,25,27,28)/t16-/m0/s1. The Kier molecular flexibility index (Phi) is 5.91. The first-order chi connectivity index (χ1) is 16.8. The second kappa shape index (κ2) is 9.04. The van der Waals surface area contributed by atoms with Crippen LogP contribution in [-0.4, -0.2) is 50.0 Å². The molecule has 0 spiro atoms. The van der Waals surface area contributed by atoms with Crippen LogP contribution in [0.15, 0.2) is 53.6 Å². The number of H-pyrrole nitrogens is 1. The van der Waals surface area contributed by atoms with Crippen LogP contribution in [0.4, 0.5) is 15.9 Å². The molecule has 0 saturated carbocycles. The lowest BCUT2D eigenvalue weighted by Crippen LogP contribution is -2.16. The van der Waals surface area contributed by atoms with Gasteiger partial charge in [-0.05, 0) is 36.4 Å². The van der Waals surface area contributed by atoms with Crippen LogP contribution in [0.5, 0.6) is 11.5 Å². The summed E-state index contributed by atoms with van der Waals surface area (Å²) in [5, 5.41) is 7.63. The van der Waals surface area contributed by atoms with E-state index in [1.807, 2.05) is 12.1 Å². The fraction of sp³-hybridized carbons (Fsp3) is 0.217. The van der Waals surface area contributed by atoms with Gasteiger partial charge in [-0.15, -0.1) is 0 Å². The van der Waals surface area contributed by atoms with Gasteiger partial charge >= 0.3 is 0 Å². The Labute approximate surface area is 200 Å². The lowest BCUT2D eigenvalue weighted by Gasteiger charge is -2.14. The molecule has 1 atom stereocenters. The first-order valence-electron chi connectivity index (χ1n) is 10.7. The molecule has 0 amide bonds. The molecule has 4 N–H and O–H groups in total. The zero-order valence-electron chi connectivity index (χ0n) is 18.6. The molecule has 0 radical (unpaired) electrons. The number of fused-ring (bicyclic) bond motifs is 1. The Hall–Kier alpha value is -3.90. The van der Waals surface area contributed by atoms with Crippen LogP contribution in [0.1, 0.15) is 6.42 Å². The van der Waals surface area contributed by atoms with E-state index in [9.17, 15) is 12.8 Å². The molecule has 35 heavy (non-hydrogen) atoms. The summed E-state index contributed by atoms with van der Waals surface area (Å²) < 4.78 is 58.5. The highest BCUT2D eigenvalue weighted by atomic mass is 32.2. The van der Waals surface area contributed by atoms with Crippen LogP contribution >= 0.6 is 0 Å². The number of anilines is 2. The smallest absolute Gasteiger partial charge is 0.265 e. The predicted octanol–water partition coefficient (Wildman–Crippen LogP) is 3.32. The third-order valence-electron chi connectivity index (χ3n) is 5.58. The monoisotopic (exact) mass is 499 g/mol. The van der Waals surface area contributed by atoms with E-state index in [0.29, 0.717) is 46.9 Å². The summed E-state index contributed by atoms with van der Waals surface area (Å²) in [6, 6.07) is 10.3. The van der Waals surface area contributed by atoms with Crippen LogP contribution < -0.4 is 19.9 Å². The number of methoxy groups -OCH3 is 1. The van der Waals surface area contributed by atoms with E-state index in [2.05, 4.69) is 19.9 Å². The summed E-state index contributed by atoms with van der Waals surface area (Å²) in [6.45, 7) is 1.12. The molecule has 3 heterocycles. The topological polar surface area (TPSA) is 141 Å². The summed E-state index contributed by atoms with van der Waals surface area (Å²) in [6.07, 6.45) is 2.02. The maximum absolute atomic E-state index is 14.2. The number of ether oxygens (including phenoxy) is 3. The molecule has 1 saturated heterocycles. The van der Waals surface area contributed by atoms with E-state index in [1.165, 1.54) is 25.4 Å². The molecule has 1 fully saturated rings. The van der Waals surface area contributed by atoms with Gasteiger partial charge in [0.2, 0.25) is 0 Å². The van der Waals surface area contributed by atoms with Crippen molar-refractivity contribution in [3.05, 3.63) is 54.5 Å². The van der Waals surface area contributed by atoms with Crippen LogP contribution in [0.25, 0.3) is 22.2 Å². The minimum absolute atomic E-state index is 0.0931. The third kappa shape index (κ3) is 4.57. The lowest BCUT2D eigenvalue weighted by molar-refractivity contribution is 0.142. The highest BCUT2D eigenvalue weighted by molar-refractivity contribution is 7.92. The van der Waals surface area contributed by atoms with Gasteiger partial charge in [0.1, 0.15) is 28.3 Å². The van der Waals surface area contributed by atoms with Gasteiger partial charge in [-0.1, -0.05) is 0 Å². The summed E-state index contributed by atoms with van der Waals surface area (Å²) in [5.41, 5.74) is 8.14. The summed E-state index contributed by atoms with van der Waals surface area (Å²) in [4.78, 5) is 3.85. The number of benzene rings is 2. The van der Waals surface area contributed by atoms with Gasteiger partial charge in [0.25, 0.3) is 10.0 Å². The van der Waals surface area contributed by atoms with Gasteiger partial charge in [0.05, 0.1) is 48.8 Å². The minimum Gasteiger partial charge on any atom is -0.497 e. The fourth-order valence-electron chi connectivity index (χ4n) is 3.82. The zero-order valence-corrected chi connectivity index (χ0v) is 19.4. The number of nitrogen functional groups attached to an aromatic ring is 1. The molecule has 0 aliphatic carbocycles. The van der Waals surface area contributed by atoms with Gasteiger partial charge in [0, 0.05) is 18.1 Å². The van der Waals surface area contributed by atoms with Crippen molar-refractivity contribution in [2.24, 2.45) is 0 Å². The Morgan fingerprint density at radius 1 is 1.23 bits per heavy atom. The molecule has 4 aromatic rings. The zero-order chi connectivity index (χ0) is 24.6. The van der Waals surface area contributed by atoms with Crippen LogP contribution in [-0.2, 0) is 14.8 Å². The number of rotatable bonds is 7. The average molecular weight is 500 g/mol. The Morgan fingerprint density at radius 3 is 2.80 bits per heavy atom.